The van der Waals surface area contributed by atoms with Gasteiger partial charge in [0.15, 0.2) is 6.10 Å². The molecule has 0 rings (SSSR count). The first kappa shape index (κ1) is 53.1. The third-order valence-corrected chi connectivity index (χ3v) is 8.86. The summed E-state index contributed by atoms with van der Waals surface area (Å²) in [6, 6.07) is 0. The predicted octanol–water partition coefficient (Wildman–Crippen LogP) is 14.4. The lowest BCUT2D eigenvalue weighted by molar-refractivity contribution is -0.167. The quantitative estimate of drug-likeness (QED) is 0.0204. The molecule has 320 valence electrons. The maximum absolute atomic E-state index is 12.7. The summed E-state index contributed by atoms with van der Waals surface area (Å²) in [6.45, 7) is 6.22. The topological polar surface area (TPSA) is 78.9 Å². The third-order valence-electron chi connectivity index (χ3n) is 8.86. The molecule has 57 heavy (non-hydrogen) atoms. The van der Waals surface area contributed by atoms with Gasteiger partial charge in [-0.1, -0.05) is 175 Å². The van der Waals surface area contributed by atoms with Crippen LogP contribution in [0.4, 0.5) is 0 Å². The largest absolute Gasteiger partial charge is 0.462 e. The van der Waals surface area contributed by atoms with Crippen molar-refractivity contribution < 1.29 is 28.6 Å². The summed E-state index contributed by atoms with van der Waals surface area (Å²) in [5.41, 5.74) is 0. The second-order valence-electron chi connectivity index (χ2n) is 14.3. The first-order chi connectivity index (χ1) is 28.0. The molecule has 0 N–H and O–H groups in total. The Bertz CT molecular complexity index is 1230. The SMILES string of the molecule is CC\C=C/C=C\C=C/C=C\CCCCCC(=O)OC(COC(=O)CCC/C=C\C/C=C\C/C=C\CC)COC(=O)CCCCCCCC/C=C\C=C/CCCCC. The van der Waals surface area contributed by atoms with Gasteiger partial charge in [0, 0.05) is 19.3 Å². The Labute approximate surface area is 349 Å². The molecule has 0 saturated heterocycles. The van der Waals surface area contributed by atoms with Gasteiger partial charge in [-0.15, -0.1) is 0 Å². The van der Waals surface area contributed by atoms with Crippen molar-refractivity contribution in [1.29, 1.82) is 0 Å². The minimum absolute atomic E-state index is 0.119. The minimum Gasteiger partial charge on any atom is -0.462 e. The lowest BCUT2D eigenvalue weighted by Crippen LogP contribution is -2.30. The average Bonchev–Trinajstić information content (AvgIpc) is 3.21. The first-order valence-corrected chi connectivity index (χ1v) is 22.5. The zero-order valence-corrected chi connectivity index (χ0v) is 36.3. The molecule has 1 unspecified atom stereocenters. The maximum atomic E-state index is 12.7. The summed E-state index contributed by atoms with van der Waals surface area (Å²) in [6.07, 6.45) is 59.4. The van der Waals surface area contributed by atoms with Crippen LogP contribution in [0.1, 0.15) is 175 Å². The normalized spacial score (nSPS) is 13.1. The molecule has 0 spiro atoms. The molecule has 0 aliphatic rings. The number of unbranched alkanes of at least 4 members (excludes halogenated alkanes) is 13. The molecule has 0 heterocycles. The lowest BCUT2D eigenvalue weighted by atomic mass is 10.1. The van der Waals surface area contributed by atoms with Crippen molar-refractivity contribution in [1.82, 2.24) is 0 Å². The van der Waals surface area contributed by atoms with E-state index in [1.54, 1.807) is 0 Å². The summed E-state index contributed by atoms with van der Waals surface area (Å²) in [7, 11) is 0. The van der Waals surface area contributed by atoms with Gasteiger partial charge >= 0.3 is 17.9 Å². The van der Waals surface area contributed by atoms with E-state index >= 15 is 0 Å². The van der Waals surface area contributed by atoms with Gasteiger partial charge in [0.2, 0.25) is 0 Å². The Morgan fingerprint density at radius 1 is 0.386 bits per heavy atom. The van der Waals surface area contributed by atoms with Crippen molar-refractivity contribution in [2.45, 2.75) is 181 Å². The van der Waals surface area contributed by atoms with E-state index in [9.17, 15) is 14.4 Å². The number of hydrogen-bond donors (Lipinski definition) is 0. The van der Waals surface area contributed by atoms with Gasteiger partial charge in [-0.05, 0) is 89.9 Å². The number of carbonyl (C=O) groups is 3. The maximum Gasteiger partial charge on any atom is 0.306 e. The Morgan fingerprint density at radius 2 is 0.789 bits per heavy atom. The van der Waals surface area contributed by atoms with Gasteiger partial charge in [0.25, 0.3) is 0 Å². The van der Waals surface area contributed by atoms with Crippen molar-refractivity contribution in [3.63, 3.8) is 0 Å². The van der Waals surface area contributed by atoms with Crippen LogP contribution < -0.4 is 0 Å². The van der Waals surface area contributed by atoms with E-state index in [0.29, 0.717) is 19.3 Å². The van der Waals surface area contributed by atoms with Gasteiger partial charge < -0.3 is 14.2 Å². The molecule has 0 amide bonds. The Hall–Kier alpha value is -3.93. The van der Waals surface area contributed by atoms with E-state index in [0.717, 1.165) is 83.5 Å². The highest BCUT2D eigenvalue weighted by Crippen LogP contribution is 2.12. The summed E-state index contributed by atoms with van der Waals surface area (Å²) in [5, 5.41) is 0. The van der Waals surface area contributed by atoms with Gasteiger partial charge in [-0.2, -0.15) is 0 Å². The number of hydrogen-bond acceptors (Lipinski definition) is 6. The smallest absolute Gasteiger partial charge is 0.306 e. The van der Waals surface area contributed by atoms with E-state index < -0.39 is 6.10 Å². The molecular formula is C51H80O6. The molecule has 0 fully saturated rings. The van der Waals surface area contributed by atoms with E-state index in [2.05, 4.69) is 93.7 Å². The van der Waals surface area contributed by atoms with Crippen LogP contribution in [0.15, 0.2) is 109 Å². The van der Waals surface area contributed by atoms with Crippen LogP contribution in [0.3, 0.4) is 0 Å². The van der Waals surface area contributed by atoms with Gasteiger partial charge in [0.1, 0.15) is 13.2 Å². The highest BCUT2D eigenvalue weighted by atomic mass is 16.6. The number of esters is 3. The summed E-state index contributed by atoms with van der Waals surface area (Å²) in [4.78, 5) is 37.7. The zero-order valence-electron chi connectivity index (χ0n) is 36.3. The van der Waals surface area contributed by atoms with E-state index in [-0.39, 0.29) is 44.0 Å². The fourth-order valence-corrected chi connectivity index (χ4v) is 5.52. The second-order valence-corrected chi connectivity index (χ2v) is 14.3. The van der Waals surface area contributed by atoms with Crippen LogP contribution in [0, 0.1) is 0 Å². The van der Waals surface area contributed by atoms with E-state index in [1.807, 2.05) is 36.5 Å². The molecule has 0 saturated carbocycles. The van der Waals surface area contributed by atoms with Crippen LogP contribution in [-0.4, -0.2) is 37.2 Å². The van der Waals surface area contributed by atoms with Gasteiger partial charge in [-0.3, -0.25) is 14.4 Å². The molecule has 0 bridgehead atoms. The first-order valence-electron chi connectivity index (χ1n) is 22.5. The highest BCUT2D eigenvalue weighted by Gasteiger charge is 2.19. The summed E-state index contributed by atoms with van der Waals surface area (Å²) in [5.74, 6) is -1.04. The molecule has 0 aromatic rings. The van der Waals surface area contributed by atoms with Crippen LogP contribution in [0.2, 0.25) is 0 Å². The lowest BCUT2D eigenvalue weighted by Gasteiger charge is -2.18. The Kier molecular flexibility index (Phi) is 41.7. The molecular weight excluding hydrogens is 709 g/mol. The molecule has 6 heteroatoms. The third kappa shape index (κ3) is 43.0. The molecule has 0 aliphatic heterocycles. The van der Waals surface area contributed by atoms with Crippen molar-refractivity contribution >= 4 is 17.9 Å². The van der Waals surface area contributed by atoms with Crippen molar-refractivity contribution in [2.75, 3.05) is 13.2 Å². The molecule has 1 atom stereocenters. The minimum atomic E-state index is -0.823. The standard InChI is InChI=1S/C51H80O6/c1-4-7-10-13-16-19-22-24-25-27-29-32-35-38-41-44-50(53)56-47-48(46-55-49(52)43-40-37-34-31-28-21-18-15-12-9-6-3)57-51(54)45-42-39-36-33-30-26-23-20-17-14-11-8-5-2/h8-9,11-12,14,16-24,26,30-31,34,48H,4-7,10,13,15,25,27-29,32-33,35-47H2,1-3H3/b11-8-,12-9-,17-14-,19-16-,21-18-,23-20-,24-22-,30-26-,34-31-. The van der Waals surface area contributed by atoms with Gasteiger partial charge in [-0.25, -0.2) is 0 Å². The van der Waals surface area contributed by atoms with Crippen LogP contribution in [0.5, 0.6) is 0 Å². The summed E-state index contributed by atoms with van der Waals surface area (Å²) >= 11 is 0. The van der Waals surface area contributed by atoms with E-state index in [1.165, 1.54) is 38.5 Å². The molecule has 0 aromatic carbocycles. The monoisotopic (exact) mass is 789 g/mol. The highest BCUT2D eigenvalue weighted by molar-refractivity contribution is 5.71. The van der Waals surface area contributed by atoms with Crippen LogP contribution in [0.25, 0.3) is 0 Å². The molecule has 0 aromatic heterocycles. The fraction of sp³-hybridized carbons (Fsp3) is 0.588. The second kappa shape index (κ2) is 44.8. The predicted molar refractivity (Wildman–Crippen MR) is 242 cm³/mol. The summed E-state index contributed by atoms with van der Waals surface area (Å²) < 4.78 is 16.6. The fourth-order valence-electron chi connectivity index (χ4n) is 5.52. The number of allylic oxidation sites excluding steroid dienone is 18. The Balaban J connectivity index is 4.55. The van der Waals surface area contributed by atoms with E-state index in [4.69, 9.17) is 14.2 Å². The molecule has 6 nitrogen and oxygen atoms in total. The van der Waals surface area contributed by atoms with Crippen molar-refractivity contribution in [3.8, 4) is 0 Å². The van der Waals surface area contributed by atoms with Crippen LogP contribution in [-0.2, 0) is 28.6 Å². The van der Waals surface area contributed by atoms with Crippen molar-refractivity contribution in [2.24, 2.45) is 0 Å². The van der Waals surface area contributed by atoms with Crippen molar-refractivity contribution in [3.05, 3.63) is 109 Å². The average molecular weight is 789 g/mol. The number of ether oxygens (including phenoxy) is 3. The number of carbonyl (C=O) groups excluding carboxylic acids is 3. The van der Waals surface area contributed by atoms with Crippen LogP contribution >= 0.6 is 0 Å². The zero-order chi connectivity index (χ0) is 41.5. The number of rotatable bonds is 38. The molecule has 0 aliphatic carbocycles. The molecule has 0 radical (unpaired) electrons. The Morgan fingerprint density at radius 3 is 1.37 bits per heavy atom. The van der Waals surface area contributed by atoms with Gasteiger partial charge in [0.05, 0.1) is 0 Å².